The fourth-order valence-electron chi connectivity index (χ4n) is 4.30. The van der Waals surface area contributed by atoms with Crippen LogP contribution in [0, 0.1) is 13.8 Å². The van der Waals surface area contributed by atoms with Crippen LogP contribution in [0.2, 0.25) is 0 Å². The number of allylic oxidation sites excluding steroid dienone is 3. The normalized spacial score (nSPS) is 18.9. The number of benzene rings is 1. The number of carbonyl (C=O) groups excluding carboxylic acids is 2. The Kier molecular flexibility index (Phi) is 8.43. The minimum atomic E-state index is -1.89. The number of amides is 2. The van der Waals surface area contributed by atoms with Gasteiger partial charge in [-0.15, -0.1) is 0 Å². The molecule has 1 saturated heterocycles. The van der Waals surface area contributed by atoms with Gasteiger partial charge in [-0.2, -0.15) is 0 Å². The lowest BCUT2D eigenvalue weighted by atomic mass is 9.96. The van der Waals surface area contributed by atoms with Crippen LogP contribution in [0.15, 0.2) is 64.7 Å². The molecule has 1 aliphatic heterocycles. The van der Waals surface area contributed by atoms with E-state index >= 15 is 0 Å². The van der Waals surface area contributed by atoms with Gasteiger partial charge in [-0.25, -0.2) is 0 Å². The third kappa shape index (κ3) is 5.78. The van der Waals surface area contributed by atoms with Gasteiger partial charge in [0.2, 0.25) is 0 Å². The Balaban J connectivity index is 1.62. The Morgan fingerprint density at radius 3 is 2.43 bits per heavy atom. The summed E-state index contributed by atoms with van der Waals surface area (Å²) in [5, 5.41) is 27.5. The van der Waals surface area contributed by atoms with Crippen molar-refractivity contribution in [3.63, 3.8) is 0 Å². The topological polar surface area (TPSA) is 116 Å². The minimum Gasteiger partial charge on any atom is -0.380 e. The number of nitrogens with one attached hydrogen (secondary N) is 1. The highest BCUT2D eigenvalue weighted by atomic mass is 16.5. The van der Waals surface area contributed by atoms with Gasteiger partial charge in [-0.3, -0.25) is 9.59 Å². The summed E-state index contributed by atoms with van der Waals surface area (Å²) in [5.74, 6) is -0.781. The van der Waals surface area contributed by atoms with Crippen LogP contribution in [0.4, 0.5) is 0 Å². The van der Waals surface area contributed by atoms with E-state index in [1.54, 1.807) is 13.0 Å². The minimum absolute atomic E-state index is 0.282. The van der Waals surface area contributed by atoms with Crippen molar-refractivity contribution in [3.05, 3.63) is 77.2 Å². The molecule has 8 nitrogen and oxygen atoms in total. The van der Waals surface area contributed by atoms with Gasteiger partial charge in [-0.05, 0) is 56.4 Å². The van der Waals surface area contributed by atoms with E-state index in [1.165, 1.54) is 4.90 Å². The van der Waals surface area contributed by atoms with Gasteiger partial charge in [0.05, 0.1) is 11.7 Å². The number of aliphatic hydroxyl groups is 2. The van der Waals surface area contributed by atoms with Gasteiger partial charge in [-0.1, -0.05) is 54.2 Å². The first-order valence-corrected chi connectivity index (χ1v) is 11.6. The molecule has 35 heavy (non-hydrogen) atoms. The standard InChI is InChI=1S/C27H33N3O5/c1-6-8-22-15-30(14-13-19(22)7-2)27(34)25(32)24(31)26(33)28-16(3)20-9-11-21(12-10-20)23-17(4)29-35-18(23)5/h6-12,16,24-25,31-32H,1,13-15H2,2-5H3,(H,28,33)/b19-7-,22-8-/t16-,24+,25+/m0/s1. The van der Waals surface area contributed by atoms with Gasteiger partial charge in [0.1, 0.15) is 5.76 Å². The third-order valence-corrected chi connectivity index (χ3v) is 6.32. The Bertz CT molecular complexity index is 1130. The molecule has 3 N–H and O–H groups in total. The second kappa shape index (κ2) is 11.3. The first-order valence-electron chi connectivity index (χ1n) is 11.6. The van der Waals surface area contributed by atoms with Crippen molar-refractivity contribution < 1.29 is 24.3 Å². The van der Waals surface area contributed by atoms with Crippen molar-refractivity contribution in [2.24, 2.45) is 0 Å². The van der Waals surface area contributed by atoms with E-state index in [2.05, 4.69) is 17.1 Å². The predicted octanol–water partition coefficient (Wildman–Crippen LogP) is 3.15. The molecule has 186 valence electrons. The van der Waals surface area contributed by atoms with Gasteiger partial charge >= 0.3 is 0 Å². The van der Waals surface area contributed by atoms with E-state index < -0.39 is 30.1 Å². The van der Waals surface area contributed by atoms with Crippen LogP contribution < -0.4 is 5.32 Å². The number of aryl methyl sites for hydroxylation is 2. The van der Waals surface area contributed by atoms with E-state index in [4.69, 9.17) is 4.52 Å². The quantitative estimate of drug-likeness (QED) is 0.562. The van der Waals surface area contributed by atoms with Gasteiger partial charge in [0.15, 0.2) is 12.2 Å². The maximum absolute atomic E-state index is 12.8. The zero-order valence-electron chi connectivity index (χ0n) is 20.6. The largest absolute Gasteiger partial charge is 0.380 e. The number of hydrogen-bond donors (Lipinski definition) is 3. The average molecular weight is 480 g/mol. The number of piperidine rings is 1. The van der Waals surface area contributed by atoms with Crippen molar-refractivity contribution in [1.29, 1.82) is 0 Å². The summed E-state index contributed by atoms with van der Waals surface area (Å²) in [4.78, 5) is 26.9. The smallest absolute Gasteiger partial charge is 0.255 e. The maximum atomic E-state index is 12.8. The molecule has 0 radical (unpaired) electrons. The molecule has 0 saturated carbocycles. The molecule has 0 unspecified atom stereocenters. The average Bonchev–Trinajstić information content (AvgIpc) is 3.20. The number of aliphatic hydroxyl groups excluding tert-OH is 2. The van der Waals surface area contributed by atoms with Crippen molar-refractivity contribution in [2.45, 2.75) is 52.4 Å². The Hall–Kier alpha value is -3.49. The number of rotatable bonds is 7. The van der Waals surface area contributed by atoms with E-state index in [9.17, 15) is 19.8 Å². The second-order valence-corrected chi connectivity index (χ2v) is 8.69. The number of nitrogens with zero attached hydrogens (tertiary/aromatic N) is 2. The molecule has 0 aliphatic carbocycles. The lowest BCUT2D eigenvalue weighted by molar-refractivity contribution is -0.153. The molecule has 3 atom stereocenters. The molecule has 1 fully saturated rings. The molecule has 2 aromatic rings. The van der Waals surface area contributed by atoms with Crippen molar-refractivity contribution >= 4 is 11.8 Å². The van der Waals surface area contributed by atoms with Crippen LogP contribution >= 0.6 is 0 Å². The van der Waals surface area contributed by atoms with Gasteiger partial charge in [0, 0.05) is 18.7 Å². The lowest BCUT2D eigenvalue weighted by Gasteiger charge is -2.33. The van der Waals surface area contributed by atoms with Crippen LogP contribution in [0.5, 0.6) is 0 Å². The lowest BCUT2D eigenvalue weighted by Crippen LogP contribution is -2.52. The molecular formula is C27H33N3O5. The molecule has 2 heterocycles. The summed E-state index contributed by atoms with van der Waals surface area (Å²) in [5.41, 5.74) is 5.49. The van der Waals surface area contributed by atoms with E-state index in [0.717, 1.165) is 39.3 Å². The van der Waals surface area contributed by atoms with Crippen molar-refractivity contribution in [3.8, 4) is 11.1 Å². The Labute approximate surface area is 205 Å². The summed E-state index contributed by atoms with van der Waals surface area (Å²) < 4.78 is 5.22. The first-order chi connectivity index (χ1) is 16.7. The highest BCUT2D eigenvalue weighted by Gasteiger charge is 2.35. The third-order valence-electron chi connectivity index (χ3n) is 6.32. The fraction of sp³-hybridized carbons (Fsp3) is 0.370. The fourth-order valence-corrected chi connectivity index (χ4v) is 4.30. The summed E-state index contributed by atoms with van der Waals surface area (Å²) in [6.45, 7) is 11.8. The van der Waals surface area contributed by atoms with E-state index in [1.807, 2.05) is 57.2 Å². The summed E-state index contributed by atoms with van der Waals surface area (Å²) >= 11 is 0. The summed E-state index contributed by atoms with van der Waals surface area (Å²) in [6, 6.07) is 7.08. The molecule has 2 amide bonds. The number of hydrogen-bond acceptors (Lipinski definition) is 6. The molecule has 1 aromatic heterocycles. The molecule has 0 spiro atoms. The van der Waals surface area contributed by atoms with E-state index in [-0.39, 0.29) is 6.54 Å². The molecule has 8 heteroatoms. The Morgan fingerprint density at radius 1 is 1.17 bits per heavy atom. The highest BCUT2D eigenvalue weighted by molar-refractivity contribution is 5.91. The molecule has 0 bridgehead atoms. The van der Waals surface area contributed by atoms with Crippen molar-refractivity contribution in [1.82, 2.24) is 15.4 Å². The molecule has 1 aromatic carbocycles. The van der Waals surface area contributed by atoms with Gasteiger partial charge in [0.25, 0.3) is 11.8 Å². The number of aromatic nitrogens is 1. The number of carbonyl (C=O) groups is 2. The maximum Gasteiger partial charge on any atom is 0.255 e. The van der Waals surface area contributed by atoms with Crippen LogP contribution in [-0.2, 0) is 9.59 Å². The zero-order chi connectivity index (χ0) is 25.7. The SMILES string of the molecule is C=C/C=C1/CN(C(=O)[C@H](O)[C@@H](O)C(=O)N[C@@H](C)c2ccc(-c3c(C)noc3C)cc2)CC/C1=C/C. The van der Waals surface area contributed by atoms with Crippen LogP contribution in [0.25, 0.3) is 11.1 Å². The molecule has 1 aliphatic rings. The zero-order valence-corrected chi connectivity index (χ0v) is 20.6. The van der Waals surface area contributed by atoms with Crippen LogP contribution in [0.1, 0.15) is 43.3 Å². The van der Waals surface area contributed by atoms with Crippen LogP contribution in [0.3, 0.4) is 0 Å². The molecule has 3 rings (SSSR count). The van der Waals surface area contributed by atoms with E-state index in [0.29, 0.717) is 13.0 Å². The summed E-state index contributed by atoms with van der Waals surface area (Å²) in [6.07, 6.45) is 2.33. The number of likely N-dealkylation sites (tertiary alicyclic amines) is 1. The monoisotopic (exact) mass is 479 g/mol. The molecular weight excluding hydrogens is 446 g/mol. The van der Waals surface area contributed by atoms with Gasteiger partial charge < -0.3 is 25.0 Å². The highest BCUT2D eigenvalue weighted by Crippen LogP contribution is 2.28. The predicted molar refractivity (Wildman–Crippen MR) is 133 cm³/mol. The first kappa shape index (κ1) is 26.1. The summed E-state index contributed by atoms with van der Waals surface area (Å²) in [7, 11) is 0. The van der Waals surface area contributed by atoms with Crippen molar-refractivity contribution in [2.75, 3.05) is 13.1 Å². The Morgan fingerprint density at radius 2 is 1.86 bits per heavy atom. The second-order valence-electron chi connectivity index (χ2n) is 8.69. The van der Waals surface area contributed by atoms with Crippen LogP contribution in [-0.4, -0.2) is 57.4 Å².